The van der Waals surface area contributed by atoms with Gasteiger partial charge in [0.05, 0.1) is 21.1 Å². The molecule has 1 N–H and O–H groups in total. The second kappa shape index (κ2) is 1.58. The van der Waals surface area contributed by atoms with Gasteiger partial charge in [-0.05, 0) is 0 Å². The van der Waals surface area contributed by atoms with Crippen LogP contribution in [0, 0.1) is 0 Å². The molecule has 0 aromatic carbocycles. The number of aliphatic hydroxyl groups excluding tert-OH is 1. The average Bonchev–Trinajstić information content (AvgIpc) is 1.35. The molecule has 0 unspecified atom stereocenters. The van der Waals surface area contributed by atoms with Crippen LogP contribution in [0.5, 0.6) is 0 Å². The average molecular weight is 90.1 g/mol. The van der Waals surface area contributed by atoms with E-state index < -0.39 is 0 Å². The Bertz CT molecular complexity index is 37.3. The van der Waals surface area contributed by atoms with Crippen LogP contribution in [-0.4, -0.2) is 37.5 Å². The van der Waals surface area contributed by atoms with E-state index in [0.717, 1.165) is 0 Å². The standard InChI is InChI=1S/C4H12NO/c1-5(2,3)4-6/h6H,4H2,1-3H3/q+1. The first kappa shape index (κ1) is 5.92. The summed E-state index contributed by atoms with van der Waals surface area (Å²) < 4.78 is 0.625. The summed E-state index contributed by atoms with van der Waals surface area (Å²) in [6.07, 6.45) is 0. The maximum Gasteiger partial charge on any atom is 0.179 e. The highest BCUT2D eigenvalue weighted by atomic mass is 16.3. The maximum absolute atomic E-state index is 8.38. The molecule has 2 heteroatoms. The van der Waals surface area contributed by atoms with Gasteiger partial charge in [0, 0.05) is 0 Å². The molecule has 0 radical (unpaired) electrons. The lowest BCUT2D eigenvalue weighted by Crippen LogP contribution is -2.34. The van der Waals surface area contributed by atoms with Crippen molar-refractivity contribution in [2.24, 2.45) is 0 Å². The van der Waals surface area contributed by atoms with E-state index in [9.17, 15) is 0 Å². The van der Waals surface area contributed by atoms with Gasteiger partial charge in [-0.1, -0.05) is 0 Å². The Morgan fingerprint density at radius 3 is 1.50 bits per heavy atom. The second-order valence-corrected chi connectivity index (χ2v) is 2.43. The van der Waals surface area contributed by atoms with Crippen LogP contribution in [0.25, 0.3) is 0 Å². The minimum absolute atomic E-state index is 0.208. The topological polar surface area (TPSA) is 20.2 Å². The highest BCUT2D eigenvalue weighted by Gasteiger charge is 1.99. The van der Waals surface area contributed by atoms with Gasteiger partial charge in [0.25, 0.3) is 0 Å². The smallest absolute Gasteiger partial charge is 0.179 e. The predicted molar refractivity (Wildman–Crippen MR) is 25.1 cm³/mol. The summed E-state index contributed by atoms with van der Waals surface area (Å²) in [4.78, 5) is 0. The van der Waals surface area contributed by atoms with Crippen LogP contribution >= 0.6 is 0 Å². The number of rotatable bonds is 1. The summed E-state index contributed by atoms with van der Waals surface area (Å²) >= 11 is 0. The van der Waals surface area contributed by atoms with E-state index in [1.165, 1.54) is 0 Å². The number of hydrogen-bond donors (Lipinski definition) is 1. The normalized spacial score (nSPS) is 12.0. The molecule has 0 fully saturated rings. The van der Waals surface area contributed by atoms with Crippen molar-refractivity contribution in [1.29, 1.82) is 0 Å². The Labute approximate surface area is 38.6 Å². The van der Waals surface area contributed by atoms with E-state index in [2.05, 4.69) is 0 Å². The van der Waals surface area contributed by atoms with Crippen LogP contribution in [0.1, 0.15) is 0 Å². The fourth-order valence-electron chi connectivity index (χ4n) is 0. The van der Waals surface area contributed by atoms with E-state index in [1.807, 2.05) is 21.1 Å². The number of quaternary nitrogens is 1. The molecule has 0 atom stereocenters. The Morgan fingerprint density at radius 1 is 1.33 bits per heavy atom. The molecule has 0 aromatic rings. The van der Waals surface area contributed by atoms with E-state index >= 15 is 0 Å². The third kappa shape index (κ3) is 3.92. The molecule has 0 heterocycles. The van der Waals surface area contributed by atoms with Gasteiger partial charge in [0.2, 0.25) is 0 Å². The summed E-state index contributed by atoms with van der Waals surface area (Å²) in [5, 5.41) is 8.38. The molecule has 0 bridgehead atoms. The molecular weight excluding hydrogens is 78.0 g/mol. The SMILES string of the molecule is C[N+](C)(C)CO. The van der Waals surface area contributed by atoms with Gasteiger partial charge in [0.15, 0.2) is 6.73 Å². The summed E-state index contributed by atoms with van der Waals surface area (Å²) in [6, 6.07) is 0. The zero-order valence-electron chi connectivity index (χ0n) is 4.60. The van der Waals surface area contributed by atoms with Crippen molar-refractivity contribution in [3.05, 3.63) is 0 Å². The Hall–Kier alpha value is -0.0800. The van der Waals surface area contributed by atoms with Gasteiger partial charge < -0.3 is 9.59 Å². The monoisotopic (exact) mass is 90.1 g/mol. The molecule has 0 aromatic heterocycles. The number of aliphatic hydroxyl groups is 1. The molecule has 0 aliphatic rings. The van der Waals surface area contributed by atoms with E-state index in [-0.39, 0.29) is 6.73 Å². The van der Waals surface area contributed by atoms with Crippen molar-refractivity contribution in [2.45, 2.75) is 0 Å². The van der Waals surface area contributed by atoms with Crippen LogP contribution in [0.15, 0.2) is 0 Å². The van der Waals surface area contributed by atoms with Crippen LogP contribution in [0.2, 0.25) is 0 Å². The zero-order chi connectivity index (χ0) is 5.21. The molecule has 0 amide bonds. The number of hydrogen-bond acceptors (Lipinski definition) is 1. The molecular formula is C4H12NO+. The van der Waals surface area contributed by atoms with Crippen molar-refractivity contribution in [2.75, 3.05) is 27.9 Å². The molecule has 0 saturated carbocycles. The summed E-state index contributed by atoms with van der Waals surface area (Å²) in [7, 11) is 5.79. The van der Waals surface area contributed by atoms with E-state index in [1.54, 1.807) is 0 Å². The van der Waals surface area contributed by atoms with Crippen LogP contribution in [0.3, 0.4) is 0 Å². The number of nitrogens with zero attached hydrogens (tertiary/aromatic N) is 1. The third-order valence-electron chi connectivity index (χ3n) is 0.424. The first-order valence-electron chi connectivity index (χ1n) is 1.97. The lowest BCUT2D eigenvalue weighted by molar-refractivity contribution is -0.889. The second-order valence-electron chi connectivity index (χ2n) is 2.43. The molecule has 0 rings (SSSR count). The minimum Gasteiger partial charge on any atom is -0.347 e. The van der Waals surface area contributed by atoms with Crippen molar-refractivity contribution in [1.82, 2.24) is 0 Å². The van der Waals surface area contributed by atoms with Crippen molar-refractivity contribution >= 4 is 0 Å². The molecule has 38 valence electrons. The fourth-order valence-corrected chi connectivity index (χ4v) is 0. The highest BCUT2D eigenvalue weighted by Crippen LogP contribution is 1.81. The lowest BCUT2D eigenvalue weighted by Gasteiger charge is -2.19. The third-order valence-corrected chi connectivity index (χ3v) is 0.424. The summed E-state index contributed by atoms with van der Waals surface area (Å²) in [5.41, 5.74) is 0. The van der Waals surface area contributed by atoms with E-state index in [4.69, 9.17) is 5.11 Å². The minimum atomic E-state index is 0.208. The Morgan fingerprint density at radius 2 is 1.50 bits per heavy atom. The molecule has 0 saturated heterocycles. The van der Waals surface area contributed by atoms with Gasteiger partial charge in [0.1, 0.15) is 0 Å². The molecule has 0 aliphatic carbocycles. The Kier molecular flexibility index (Phi) is 1.56. The van der Waals surface area contributed by atoms with Crippen LogP contribution in [0.4, 0.5) is 0 Å². The zero-order valence-corrected chi connectivity index (χ0v) is 4.60. The van der Waals surface area contributed by atoms with E-state index in [0.29, 0.717) is 4.48 Å². The first-order valence-corrected chi connectivity index (χ1v) is 1.97. The van der Waals surface area contributed by atoms with Crippen LogP contribution < -0.4 is 0 Å². The van der Waals surface area contributed by atoms with Crippen molar-refractivity contribution < 1.29 is 9.59 Å². The quantitative estimate of drug-likeness (QED) is 0.344. The summed E-state index contributed by atoms with van der Waals surface area (Å²) in [5.74, 6) is 0. The van der Waals surface area contributed by atoms with Gasteiger partial charge in [-0.15, -0.1) is 0 Å². The van der Waals surface area contributed by atoms with Gasteiger partial charge in [-0.25, -0.2) is 0 Å². The largest absolute Gasteiger partial charge is 0.347 e. The highest BCUT2D eigenvalue weighted by molar-refractivity contribution is 3.94. The van der Waals surface area contributed by atoms with Crippen LogP contribution in [-0.2, 0) is 0 Å². The Balaban J connectivity index is 3.17. The van der Waals surface area contributed by atoms with Crippen molar-refractivity contribution in [3.8, 4) is 0 Å². The lowest BCUT2D eigenvalue weighted by atomic mass is 10.7. The summed E-state index contributed by atoms with van der Waals surface area (Å²) in [6.45, 7) is 0.208. The first-order chi connectivity index (χ1) is 2.56. The van der Waals surface area contributed by atoms with Gasteiger partial charge in [-0.2, -0.15) is 0 Å². The fraction of sp³-hybridized carbons (Fsp3) is 1.00. The van der Waals surface area contributed by atoms with Crippen molar-refractivity contribution in [3.63, 3.8) is 0 Å². The molecule has 0 spiro atoms. The van der Waals surface area contributed by atoms with Gasteiger partial charge in [-0.3, -0.25) is 0 Å². The molecule has 0 aliphatic heterocycles. The van der Waals surface area contributed by atoms with Gasteiger partial charge >= 0.3 is 0 Å². The maximum atomic E-state index is 8.38. The predicted octanol–water partition coefficient (Wildman–Crippen LogP) is -0.358. The molecule has 6 heavy (non-hydrogen) atoms. The molecule has 2 nitrogen and oxygen atoms in total.